The van der Waals surface area contributed by atoms with Crippen molar-refractivity contribution in [2.24, 2.45) is 5.92 Å². The fraction of sp³-hybridized carbons (Fsp3) is 0.412. The molecule has 0 radical (unpaired) electrons. The van der Waals surface area contributed by atoms with Crippen LogP contribution in [-0.2, 0) is 24.1 Å². The van der Waals surface area contributed by atoms with E-state index in [9.17, 15) is 4.79 Å². The van der Waals surface area contributed by atoms with Crippen molar-refractivity contribution in [2.45, 2.75) is 33.1 Å². The number of nitrogens with zero attached hydrogens (tertiary/aromatic N) is 1. The third-order valence-electron chi connectivity index (χ3n) is 4.38. The maximum atomic E-state index is 12.3. The first-order valence-electron chi connectivity index (χ1n) is 7.50. The van der Waals surface area contributed by atoms with Crippen LogP contribution in [-0.4, -0.2) is 22.6 Å². The Labute approximate surface area is 125 Å². The van der Waals surface area contributed by atoms with Crippen LogP contribution in [0.3, 0.4) is 0 Å². The molecule has 110 valence electrons. The second-order valence-corrected chi connectivity index (χ2v) is 5.83. The number of fused-ring (bicyclic) bond motifs is 1. The van der Waals surface area contributed by atoms with E-state index >= 15 is 0 Å². The monoisotopic (exact) mass is 283 g/mol. The van der Waals surface area contributed by atoms with Crippen LogP contribution in [0.4, 0.5) is 0 Å². The molecule has 2 aromatic rings. The minimum Gasteiger partial charge on any atom is -0.356 e. The smallest absolute Gasteiger partial charge is 0.223 e. The summed E-state index contributed by atoms with van der Waals surface area (Å²) in [5, 5.41) is 10.2. The highest BCUT2D eigenvalue weighted by atomic mass is 16.1. The lowest BCUT2D eigenvalue weighted by atomic mass is 10.1. The Morgan fingerprint density at radius 1 is 1.29 bits per heavy atom. The van der Waals surface area contributed by atoms with E-state index in [0.717, 1.165) is 30.7 Å². The first-order valence-corrected chi connectivity index (χ1v) is 7.50. The predicted octanol–water partition coefficient (Wildman–Crippen LogP) is 2.10. The molecule has 4 heteroatoms. The van der Waals surface area contributed by atoms with E-state index in [1.54, 1.807) is 0 Å². The average molecular weight is 283 g/mol. The predicted molar refractivity (Wildman–Crippen MR) is 82.1 cm³/mol. The molecule has 1 aliphatic rings. The van der Waals surface area contributed by atoms with E-state index in [2.05, 4.69) is 27.6 Å². The van der Waals surface area contributed by atoms with Gasteiger partial charge < -0.3 is 5.32 Å². The van der Waals surface area contributed by atoms with Crippen LogP contribution in [0.25, 0.3) is 0 Å². The molecule has 0 bridgehead atoms. The SMILES string of the molecule is Cc1n[nH]c(C)c1CCNC(=O)C1Cc2ccccc2C1. The number of amides is 1. The highest BCUT2D eigenvalue weighted by Gasteiger charge is 2.26. The lowest BCUT2D eigenvalue weighted by Gasteiger charge is -2.10. The van der Waals surface area contributed by atoms with Crippen molar-refractivity contribution in [1.82, 2.24) is 15.5 Å². The van der Waals surface area contributed by atoms with Gasteiger partial charge in [0.2, 0.25) is 5.91 Å². The third-order valence-corrected chi connectivity index (χ3v) is 4.38. The molecule has 1 aliphatic carbocycles. The van der Waals surface area contributed by atoms with Gasteiger partial charge >= 0.3 is 0 Å². The fourth-order valence-corrected chi connectivity index (χ4v) is 3.14. The number of nitrogens with one attached hydrogen (secondary N) is 2. The zero-order valence-electron chi connectivity index (χ0n) is 12.6. The number of hydrogen-bond donors (Lipinski definition) is 2. The first-order chi connectivity index (χ1) is 10.1. The molecular weight excluding hydrogens is 262 g/mol. The number of H-pyrrole nitrogens is 1. The van der Waals surface area contributed by atoms with E-state index in [4.69, 9.17) is 0 Å². The molecule has 1 aromatic carbocycles. The largest absolute Gasteiger partial charge is 0.356 e. The Kier molecular flexibility index (Phi) is 3.78. The minimum absolute atomic E-state index is 0.0916. The van der Waals surface area contributed by atoms with Gasteiger partial charge in [-0.25, -0.2) is 0 Å². The van der Waals surface area contributed by atoms with Crippen LogP contribution in [0, 0.1) is 19.8 Å². The zero-order valence-corrected chi connectivity index (χ0v) is 12.6. The van der Waals surface area contributed by atoms with Crippen molar-refractivity contribution in [3.05, 3.63) is 52.3 Å². The number of aryl methyl sites for hydroxylation is 2. The summed E-state index contributed by atoms with van der Waals surface area (Å²) in [6, 6.07) is 8.34. The molecule has 0 spiro atoms. The molecule has 1 aromatic heterocycles. The Balaban J connectivity index is 1.52. The normalized spacial score (nSPS) is 14.2. The van der Waals surface area contributed by atoms with Gasteiger partial charge in [-0.3, -0.25) is 9.89 Å². The standard InChI is InChI=1S/C17H21N3O/c1-11-16(12(2)20-19-11)7-8-18-17(21)15-9-13-5-3-4-6-14(13)10-15/h3-6,15H,7-10H2,1-2H3,(H,18,21)(H,19,20). The van der Waals surface area contributed by atoms with Gasteiger partial charge in [0.25, 0.3) is 0 Å². The van der Waals surface area contributed by atoms with Crippen LogP contribution < -0.4 is 5.32 Å². The molecule has 1 heterocycles. The van der Waals surface area contributed by atoms with E-state index < -0.39 is 0 Å². The van der Waals surface area contributed by atoms with Crippen molar-refractivity contribution in [1.29, 1.82) is 0 Å². The van der Waals surface area contributed by atoms with E-state index in [-0.39, 0.29) is 11.8 Å². The van der Waals surface area contributed by atoms with E-state index in [1.165, 1.54) is 16.7 Å². The van der Waals surface area contributed by atoms with Gasteiger partial charge in [-0.1, -0.05) is 24.3 Å². The van der Waals surface area contributed by atoms with Gasteiger partial charge in [0.1, 0.15) is 0 Å². The number of aromatic amines is 1. The number of carbonyl (C=O) groups excluding carboxylic acids is 1. The average Bonchev–Trinajstić information content (AvgIpc) is 3.04. The number of carbonyl (C=O) groups is 1. The highest BCUT2D eigenvalue weighted by molar-refractivity contribution is 5.80. The van der Waals surface area contributed by atoms with Gasteiger partial charge in [0.15, 0.2) is 0 Å². The number of benzene rings is 1. The second kappa shape index (κ2) is 5.72. The van der Waals surface area contributed by atoms with Crippen molar-refractivity contribution in [2.75, 3.05) is 6.54 Å². The van der Waals surface area contributed by atoms with Crippen LogP contribution in [0.5, 0.6) is 0 Å². The Bertz CT molecular complexity index is 615. The van der Waals surface area contributed by atoms with Crippen LogP contribution in [0.1, 0.15) is 28.1 Å². The Morgan fingerprint density at radius 2 is 1.95 bits per heavy atom. The summed E-state index contributed by atoms with van der Waals surface area (Å²) in [4.78, 5) is 12.3. The summed E-state index contributed by atoms with van der Waals surface area (Å²) in [5.74, 6) is 0.263. The molecule has 0 atom stereocenters. The van der Waals surface area contributed by atoms with Crippen molar-refractivity contribution < 1.29 is 4.79 Å². The van der Waals surface area contributed by atoms with Crippen LogP contribution in [0.15, 0.2) is 24.3 Å². The van der Waals surface area contributed by atoms with Crippen LogP contribution >= 0.6 is 0 Å². The Hall–Kier alpha value is -2.10. The highest BCUT2D eigenvalue weighted by Crippen LogP contribution is 2.26. The molecule has 4 nitrogen and oxygen atoms in total. The third kappa shape index (κ3) is 2.84. The van der Waals surface area contributed by atoms with Gasteiger partial charge in [0.05, 0.1) is 5.69 Å². The summed E-state index contributed by atoms with van der Waals surface area (Å²) in [5.41, 5.74) is 5.97. The summed E-state index contributed by atoms with van der Waals surface area (Å²) in [7, 11) is 0. The maximum Gasteiger partial charge on any atom is 0.223 e. The van der Waals surface area contributed by atoms with Gasteiger partial charge in [-0.05, 0) is 49.8 Å². The molecule has 3 rings (SSSR count). The first kappa shape index (κ1) is 13.9. The molecule has 0 saturated carbocycles. The van der Waals surface area contributed by atoms with Gasteiger partial charge in [0, 0.05) is 18.2 Å². The van der Waals surface area contributed by atoms with Crippen molar-refractivity contribution in [3.8, 4) is 0 Å². The minimum atomic E-state index is 0.0916. The van der Waals surface area contributed by atoms with E-state index in [1.807, 2.05) is 26.0 Å². The van der Waals surface area contributed by atoms with Crippen molar-refractivity contribution >= 4 is 5.91 Å². The van der Waals surface area contributed by atoms with Crippen LogP contribution in [0.2, 0.25) is 0 Å². The molecule has 0 aliphatic heterocycles. The van der Waals surface area contributed by atoms with E-state index in [0.29, 0.717) is 6.54 Å². The molecule has 0 unspecified atom stereocenters. The quantitative estimate of drug-likeness (QED) is 0.903. The molecule has 1 amide bonds. The topological polar surface area (TPSA) is 57.8 Å². The molecular formula is C17H21N3O. The van der Waals surface area contributed by atoms with Crippen molar-refractivity contribution in [3.63, 3.8) is 0 Å². The summed E-state index contributed by atoms with van der Waals surface area (Å²) in [6.07, 6.45) is 2.57. The molecule has 21 heavy (non-hydrogen) atoms. The van der Waals surface area contributed by atoms with Gasteiger partial charge in [-0.15, -0.1) is 0 Å². The molecule has 0 fully saturated rings. The number of hydrogen-bond acceptors (Lipinski definition) is 2. The second-order valence-electron chi connectivity index (χ2n) is 5.83. The maximum absolute atomic E-state index is 12.3. The lowest BCUT2D eigenvalue weighted by Crippen LogP contribution is -2.32. The number of aromatic nitrogens is 2. The molecule has 0 saturated heterocycles. The lowest BCUT2D eigenvalue weighted by molar-refractivity contribution is -0.124. The number of rotatable bonds is 4. The zero-order chi connectivity index (χ0) is 14.8. The summed E-state index contributed by atoms with van der Waals surface area (Å²) < 4.78 is 0. The molecule has 2 N–H and O–H groups in total. The van der Waals surface area contributed by atoms with Gasteiger partial charge in [-0.2, -0.15) is 5.10 Å². The fourth-order valence-electron chi connectivity index (χ4n) is 3.14. The summed E-state index contributed by atoms with van der Waals surface area (Å²) in [6.45, 7) is 4.69. The Morgan fingerprint density at radius 3 is 2.52 bits per heavy atom. The summed E-state index contributed by atoms with van der Waals surface area (Å²) >= 11 is 0.